The van der Waals surface area contributed by atoms with Crippen molar-refractivity contribution in [2.24, 2.45) is 5.92 Å². The lowest BCUT2D eigenvalue weighted by Crippen LogP contribution is -2.24. The molecule has 136 valence electrons. The van der Waals surface area contributed by atoms with E-state index in [0.29, 0.717) is 5.92 Å². The van der Waals surface area contributed by atoms with Gasteiger partial charge in [-0.25, -0.2) is 0 Å². The minimum Gasteiger partial charge on any atom is -0.464 e. The number of hydrogen-bond donors (Lipinski definition) is 0. The van der Waals surface area contributed by atoms with Gasteiger partial charge in [-0.2, -0.15) is 0 Å². The molecule has 1 aliphatic rings. The summed E-state index contributed by atoms with van der Waals surface area (Å²) >= 11 is 3.54. The largest absolute Gasteiger partial charge is 0.464 e. The summed E-state index contributed by atoms with van der Waals surface area (Å²) in [5.74, 6) is 2.52. The maximum Gasteiger partial charge on any atom is 0.145 e. The first-order chi connectivity index (χ1) is 12.8. The third kappa shape index (κ3) is 4.27. The fraction of sp³-hybridized carbons (Fsp3) is 0.286. The van der Waals surface area contributed by atoms with E-state index in [0.717, 1.165) is 35.6 Å². The molecule has 0 radical (unpaired) electrons. The van der Waals surface area contributed by atoms with E-state index in [1.54, 1.807) is 11.8 Å². The minimum absolute atomic E-state index is 0.629. The van der Waals surface area contributed by atoms with Gasteiger partial charge in [0.05, 0.1) is 16.8 Å². The van der Waals surface area contributed by atoms with Gasteiger partial charge < -0.3 is 9.64 Å². The zero-order chi connectivity index (χ0) is 18.4. The molecule has 2 aromatic carbocycles. The van der Waals surface area contributed by atoms with Gasteiger partial charge in [0, 0.05) is 29.0 Å². The van der Waals surface area contributed by atoms with Crippen LogP contribution >= 0.6 is 23.5 Å². The van der Waals surface area contributed by atoms with E-state index in [1.807, 2.05) is 18.0 Å². The number of rotatable bonds is 6. The smallest absolute Gasteiger partial charge is 0.145 e. The first-order valence-electron chi connectivity index (χ1n) is 8.71. The quantitative estimate of drug-likeness (QED) is 0.272. The Balaban J connectivity index is 2.05. The number of benzene rings is 2. The Bertz CT molecular complexity index is 777. The summed E-state index contributed by atoms with van der Waals surface area (Å²) in [6, 6.07) is 14.9. The number of allylic oxidation sites excluding steroid dienone is 1. The SMILES string of the molecule is CCC1CSc2cc(O/C=C/C=O)c(SC)cc2N(c2ccccc2)C1. The Kier molecular flexibility index (Phi) is 6.69. The molecule has 1 aliphatic heterocycles. The average Bonchev–Trinajstić information content (AvgIpc) is 2.87. The average molecular weight is 386 g/mol. The van der Waals surface area contributed by atoms with E-state index >= 15 is 0 Å². The van der Waals surface area contributed by atoms with Crippen molar-refractivity contribution in [2.45, 2.75) is 23.1 Å². The molecular formula is C21H23NO2S2. The van der Waals surface area contributed by atoms with Gasteiger partial charge in [0.15, 0.2) is 0 Å². The van der Waals surface area contributed by atoms with Crippen LogP contribution in [-0.2, 0) is 4.79 Å². The van der Waals surface area contributed by atoms with Crippen molar-refractivity contribution < 1.29 is 9.53 Å². The van der Waals surface area contributed by atoms with Crippen molar-refractivity contribution in [3.05, 3.63) is 54.8 Å². The Morgan fingerprint density at radius 2 is 2.12 bits per heavy atom. The molecule has 0 amide bonds. The number of anilines is 2. The molecule has 3 rings (SSSR count). The van der Waals surface area contributed by atoms with Crippen molar-refractivity contribution in [3.63, 3.8) is 0 Å². The maximum atomic E-state index is 10.5. The highest BCUT2D eigenvalue weighted by molar-refractivity contribution is 7.99. The first-order valence-corrected chi connectivity index (χ1v) is 10.9. The standard InChI is InChI=1S/C21H23NO2S2/c1-3-16-14-22(17-8-5-4-6-9-17)18-12-21(25-2)19(24-11-7-10-23)13-20(18)26-15-16/h4-13,16H,3,14-15H2,1-2H3/b11-7+. The normalized spacial score (nSPS) is 17.0. The number of hydrogen-bond acceptors (Lipinski definition) is 5. The molecule has 0 aromatic heterocycles. The van der Waals surface area contributed by atoms with Crippen LogP contribution in [-0.4, -0.2) is 24.8 Å². The lowest BCUT2D eigenvalue weighted by Gasteiger charge is -2.28. The number of aldehydes is 1. The van der Waals surface area contributed by atoms with Crippen molar-refractivity contribution in [1.29, 1.82) is 0 Å². The summed E-state index contributed by atoms with van der Waals surface area (Å²) in [5.41, 5.74) is 2.45. The van der Waals surface area contributed by atoms with E-state index in [9.17, 15) is 4.79 Å². The van der Waals surface area contributed by atoms with Gasteiger partial charge in [-0.3, -0.25) is 4.79 Å². The van der Waals surface area contributed by atoms with Crippen LogP contribution < -0.4 is 9.64 Å². The molecule has 5 heteroatoms. The molecule has 0 saturated carbocycles. The summed E-state index contributed by atoms with van der Waals surface area (Å²) < 4.78 is 5.70. The van der Waals surface area contributed by atoms with E-state index in [4.69, 9.17) is 4.74 Å². The molecule has 3 nitrogen and oxygen atoms in total. The van der Waals surface area contributed by atoms with Crippen molar-refractivity contribution >= 4 is 41.2 Å². The molecule has 26 heavy (non-hydrogen) atoms. The van der Waals surface area contributed by atoms with Crippen LogP contribution in [0, 0.1) is 5.92 Å². The number of para-hydroxylation sites is 1. The highest BCUT2D eigenvalue weighted by Gasteiger charge is 2.24. The van der Waals surface area contributed by atoms with Gasteiger partial charge in [0.2, 0.25) is 0 Å². The topological polar surface area (TPSA) is 29.5 Å². The molecule has 0 saturated heterocycles. The van der Waals surface area contributed by atoms with Gasteiger partial charge in [-0.1, -0.05) is 31.5 Å². The number of nitrogens with zero attached hydrogens (tertiary/aromatic N) is 1. The number of fused-ring (bicyclic) bond motifs is 1. The lowest BCUT2D eigenvalue weighted by molar-refractivity contribution is -0.104. The van der Waals surface area contributed by atoms with Crippen LogP contribution in [0.3, 0.4) is 0 Å². The van der Waals surface area contributed by atoms with Crippen LogP contribution in [0.1, 0.15) is 13.3 Å². The van der Waals surface area contributed by atoms with Crippen molar-refractivity contribution in [1.82, 2.24) is 0 Å². The fourth-order valence-electron chi connectivity index (χ4n) is 2.97. The number of thioether (sulfide) groups is 2. The van der Waals surface area contributed by atoms with Gasteiger partial charge >= 0.3 is 0 Å². The second-order valence-corrected chi connectivity index (χ2v) is 7.99. The monoisotopic (exact) mass is 385 g/mol. The summed E-state index contributed by atoms with van der Waals surface area (Å²) in [6.45, 7) is 3.27. The van der Waals surface area contributed by atoms with Crippen molar-refractivity contribution in [3.8, 4) is 5.75 Å². The highest BCUT2D eigenvalue weighted by atomic mass is 32.2. The summed E-state index contributed by atoms with van der Waals surface area (Å²) in [6.07, 6.45) is 6.74. The van der Waals surface area contributed by atoms with Gasteiger partial charge in [-0.05, 0) is 36.4 Å². The van der Waals surface area contributed by atoms with Crippen LogP contribution in [0.2, 0.25) is 0 Å². The Morgan fingerprint density at radius 1 is 1.31 bits per heavy atom. The van der Waals surface area contributed by atoms with Crippen LogP contribution in [0.4, 0.5) is 11.4 Å². The Morgan fingerprint density at radius 3 is 2.81 bits per heavy atom. The van der Waals surface area contributed by atoms with Gasteiger partial charge in [0.25, 0.3) is 0 Å². The highest BCUT2D eigenvalue weighted by Crippen LogP contribution is 2.45. The second-order valence-electron chi connectivity index (χ2n) is 6.08. The summed E-state index contributed by atoms with van der Waals surface area (Å²) in [5, 5.41) is 0. The fourth-order valence-corrected chi connectivity index (χ4v) is 4.77. The first kappa shape index (κ1) is 18.9. The third-order valence-corrected chi connectivity index (χ3v) is 6.48. The molecular weight excluding hydrogens is 362 g/mol. The summed E-state index contributed by atoms with van der Waals surface area (Å²) in [7, 11) is 0. The molecule has 1 atom stereocenters. The summed E-state index contributed by atoms with van der Waals surface area (Å²) in [4.78, 5) is 15.2. The molecule has 1 unspecified atom stereocenters. The zero-order valence-electron chi connectivity index (χ0n) is 15.1. The Hall–Kier alpha value is -1.85. The molecule has 0 bridgehead atoms. The molecule has 1 heterocycles. The molecule has 0 spiro atoms. The van der Waals surface area contributed by atoms with Crippen LogP contribution in [0.15, 0.2) is 64.6 Å². The predicted molar refractivity (Wildman–Crippen MR) is 112 cm³/mol. The van der Waals surface area contributed by atoms with E-state index in [-0.39, 0.29) is 0 Å². The number of carbonyl (C=O) groups excluding carboxylic acids is 1. The molecule has 2 aromatic rings. The third-order valence-electron chi connectivity index (χ3n) is 4.45. The van der Waals surface area contributed by atoms with Gasteiger partial charge in [-0.15, -0.1) is 23.5 Å². The van der Waals surface area contributed by atoms with Crippen LogP contribution in [0.5, 0.6) is 5.75 Å². The molecule has 0 N–H and O–H groups in total. The van der Waals surface area contributed by atoms with E-state index < -0.39 is 0 Å². The maximum absolute atomic E-state index is 10.5. The number of ether oxygens (including phenoxy) is 1. The number of carbonyl (C=O) groups is 1. The van der Waals surface area contributed by atoms with Crippen LogP contribution in [0.25, 0.3) is 0 Å². The molecule has 0 aliphatic carbocycles. The zero-order valence-corrected chi connectivity index (χ0v) is 16.7. The van der Waals surface area contributed by atoms with Gasteiger partial charge in [0.1, 0.15) is 12.0 Å². The lowest BCUT2D eigenvalue weighted by atomic mass is 10.1. The second kappa shape index (κ2) is 9.19. The van der Waals surface area contributed by atoms with E-state index in [2.05, 4.69) is 54.3 Å². The predicted octanol–water partition coefficient (Wildman–Crippen LogP) is 5.77. The molecule has 0 fully saturated rings. The van der Waals surface area contributed by atoms with E-state index in [1.165, 1.54) is 28.6 Å². The Labute approximate surface area is 163 Å². The van der Waals surface area contributed by atoms with Crippen molar-refractivity contribution in [2.75, 3.05) is 23.5 Å². The minimum atomic E-state index is 0.629.